The lowest BCUT2D eigenvalue weighted by Crippen LogP contribution is -2.49. The molecule has 0 unspecified atom stereocenters. The smallest absolute Gasteiger partial charge is 0.329 e. The number of nitrogens with one attached hydrogen (secondary N) is 1. The van der Waals surface area contributed by atoms with Crippen LogP contribution in [0.2, 0.25) is 5.02 Å². The second-order valence-electron chi connectivity index (χ2n) is 7.25. The first-order valence-corrected chi connectivity index (χ1v) is 9.94. The Labute approximate surface area is 172 Å². The molecule has 2 aromatic heterocycles. The third-order valence-electron chi connectivity index (χ3n) is 5.36. The Bertz CT molecular complexity index is 941. The molecule has 1 fully saturated rings. The Balaban J connectivity index is 1.60. The highest BCUT2D eigenvalue weighted by molar-refractivity contribution is 6.32. The SMILES string of the molecule is C[C@H](C(=O)O)N1CCc2cc(-c3nc(NC4CCOCC4)ncc3Cl)cn2C1=O. The van der Waals surface area contributed by atoms with Gasteiger partial charge in [-0.2, -0.15) is 0 Å². The van der Waals surface area contributed by atoms with Crippen molar-refractivity contribution in [3.63, 3.8) is 0 Å². The van der Waals surface area contributed by atoms with E-state index in [2.05, 4.69) is 15.3 Å². The van der Waals surface area contributed by atoms with Crippen molar-refractivity contribution in [2.75, 3.05) is 25.1 Å². The highest BCUT2D eigenvalue weighted by Crippen LogP contribution is 2.30. The predicted molar refractivity (Wildman–Crippen MR) is 106 cm³/mol. The second-order valence-corrected chi connectivity index (χ2v) is 7.66. The molecule has 1 saturated heterocycles. The number of aliphatic carboxylic acids is 1. The second kappa shape index (κ2) is 8.00. The summed E-state index contributed by atoms with van der Waals surface area (Å²) in [6.45, 7) is 3.27. The lowest BCUT2D eigenvalue weighted by Gasteiger charge is -2.31. The van der Waals surface area contributed by atoms with E-state index in [1.54, 1.807) is 12.4 Å². The lowest BCUT2D eigenvalue weighted by molar-refractivity contribution is -0.141. The summed E-state index contributed by atoms with van der Waals surface area (Å²) in [6, 6.07) is 0.859. The number of hydrogen-bond acceptors (Lipinski definition) is 6. The van der Waals surface area contributed by atoms with E-state index in [1.807, 2.05) is 6.07 Å². The van der Waals surface area contributed by atoms with Gasteiger partial charge < -0.3 is 20.1 Å². The van der Waals surface area contributed by atoms with Crippen molar-refractivity contribution in [1.82, 2.24) is 19.4 Å². The molecular weight excluding hydrogens is 398 g/mol. The molecule has 154 valence electrons. The van der Waals surface area contributed by atoms with Crippen molar-refractivity contribution in [1.29, 1.82) is 0 Å². The first-order chi connectivity index (χ1) is 13.9. The minimum Gasteiger partial charge on any atom is -0.480 e. The van der Waals surface area contributed by atoms with Gasteiger partial charge in [-0.15, -0.1) is 0 Å². The molecule has 0 spiro atoms. The Morgan fingerprint density at radius 1 is 1.41 bits per heavy atom. The summed E-state index contributed by atoms with van der Waals surface area (Å²) in [5.74, 6) is -0.551. The number of nitrogens with zero attached hydrogens (tertiary/aromatic N) is 4. The van der Waals surface area contributed by atoms with Gasteiger partial charge in [0.2, 0.25) is 5.95 Å². The van der Waals surface area contributed by atoms with E-state index >= 15 is 0 Å². The molecule has 0 aliphatic carbocycles. The van der Waals surface area contributed by atoms with Gasteiger partial charge in [0.15, 0.2) is 0 Å². The maximum absolute atomic E-state index is 12.8. The third kappa shape index (κ3) is 3.92. The van der Waals surface area contributed by atoms with Crippen LogP contribution in [0.4, 0.5) is 10.7 Å². The lowest BCUT2D eigenvalue weighted by atomic mass is 10.1. The fourth-order valence-electron chi connectivity index (χ4n) is 3.63. The number of hydrogen-bond donors (Lipinski definition) is 2. The summed E-state index contributed by atoms with van der Waals surface area (Å²) >= 11 is 6.34. The summed E-state index contributed by atoms with van der Waals surface area (Å²) in [4.78, 5) is 34.2. The average molecular weight is 420 g/mol. The van der Waals surface area contributed by atoms with E-state index in [4.69, 9.17) is 16.3 Å². The molecule has 9 nitrogen and oxygen atoms in total. The first-order valence-electron chi connectivity index (χ1n) is 9.56. The number of aromatic nitrogens is 3. The molecule has 1 atom stereocenters. The number of rotatable bonds is 5. The van der Waals surface area contributed by atoms with Crippen molar-refractivity contribution in [3.05, 3.63) is 29.2 Å². The van der Waals surface area contributed by atoms with Gasteiger partial charge in [-0.1, -0.05) is 11.6 Å². The van der Waals surface area contributed by atoms with E-state index in [0.717, 1.165) is 18.5 Å². The normalized spacial score (nSPS) is 18.4. The van der Waals surface area contributed by atoms with Crippen LogP contribution in [0.1, 0.15) is 25.5 Å². The van der Waals surface area contributed by atoms with Crippen LogP contribution in [-0.2, 0) is 16.0 Å². The largest absolute Gasteiger partial charge is 0.480 e. The monoisotopic (exact) mass is 419 g/mol. The van der Waals surface area contributed by atoms with Crippen molar-refractivity contribution < 1.29 is 19.4 Å². The molecule has 2 aliphatic rings. The number of anilines is 1. The van der Waals surface area contributed by atoms with Crippen LogP contribution in [0, 0.1) is 0 Å². The number of fused-ring (bicyclic) bond motifs is 1. The number of ether oxygens (including phenoxy) is 1. The summed E-state index contributed by atoms with van der Waals surface area (Å²) in [5.41, 5.74) is 2.02. The van der Waals surface area contributed by atoms with Gasteiger partial charge in [0, 0.05) is 49.7 Å². The molecule has 0 saturated carbocycles. The molecular formula is C19H22ClN5O4. The van der Waals surface area contributed by atoms with Gasteiger partial charge in [0.05, 0.1) is 16.9 Å². The van der Waals surface area contributed by atoms with Gasteiger partial charge in [0.1, 0.15) is 6.04 Å². The van der Waals surface area contributed by atoms with Crippen LogP contribution in [-0.4, -0.2) is 68.4 Å². The van der Waals surface area contributed by atoms with E-state index in [1.165, 1.54) is 16.4 Å². The standard InChI is InChI=1S/C19H22ClN5O4/c1-11(17(26)27)24-5-2-14-8-12(10-25(14)19(24)28)16-15(20)9-21-18(23-16)22-13-3-6-29-7-4-13/h8-11,13H,2-7H2,1H3,(H,26,27)(H,21,22,23)/t11-/m1/s1. The van der Waals surface area contributed by atoms with Gasteiger partial charge in [-0.25, -0.2) is 19.6 Å². The molecule has 0 bridgehead atoms. The Kier molecular flexibility index (Phi) is 5.42. The van der Waals surface area contributed by atoms with Gasteiger partial charge in [0.25, 0.3) is 0 Å². The van der Waals surface area contributed by atoms with Gasteiger partial charge in [-0.05, 0) is 25.8 Å². The summed E-state index contributed by atoms with van der Waals surface area (Å²) < 4.78 is 6.84. The van der Waals surface area contributed by atoms with E-state index in [9.17, 15) is 14.7 Å². The highest BCUT2D eigenvalue weighted by atomic mass is 35.5. The van der Waals surface area contributed by atoms with E-state index in [0.29, 0.717) is 48.4 Å². The molecule has 0 aromatic carbocycles. The Morgan fingerprint density at radius 3 is 2.90 bits per heavy atom. The number of carbonyl (C=O) groups excluding carboxylic acids is 1. The molecule has 29 heavy (non-hydrogen) atoms. The first kappa shape index (κ1) is 19.7. The fraction of sp³-hybridized carbons (Fsp3) is 0.474. The zero-order chi connectivity index (χ0) is 20.5. The number of carbonyl (C=O) groups is 2. The minimum absolute atomic E-state index is 0.243. The Morgan fingerprint density at radius 2 is 2.17 bits per heavy atom. The van der Waals surface area contributed by atoms with Crippen LogP contribution in [0.25, 0.3) is 11.3 Å². The molecule has 2 aliphatic heterocycles. The predicted octanol–water partition coefficient (Wildman–Crippen LogP) is 2.49. The Hall–Kier alpha value is -2.65. The molecule has 2 aromatic rings. The maximum Gasteiger partial charge on any atom is 0.329 e. The van der Waals surface area contributed by atoms with E-state index < -0.39 is 12.0 Å². The minimum atomic E-state index is -1.03. The van der Waals surface area contributed by atoms with Crippen molar-refractivity contribution >= 4 is 29.5 Å². The van der Waals surface area contributed by atoms with Crippen molar-refractivity contribution in [2.45, 2.75) is 38.3 Å². The van der Waals surface area contributed by atoms with Crippen molar-refractivity contribution in [3.8, 4) is 11.3 Å². The number of carboxylic acid groups (broad SMARTS) is 1. The fourth-order valence-corrected chi connectivity index (χ4v) is 3.83. The van der Waals surface area contributed by atoms with Crippen LogP contribution < -0.4 is 5.32 Å². The molecule has 0 radical (unpaired) electrons. The summed E-state index contributed by atoms with van der Waals surface area (Å²) in [6.07, 6.45) is 5.52. The number of halogens is 1. The zero-order valence-electron chi connectivity index (χ0n) is 16.0. The molecule has 1 amide bonds. The number of carboxylic acids is 1. The molecule has 4 rings (SSSR count). The maximum atomic E-state index is 12.8. The molecule has 4 heterocycles. The van der Waals surface area contributed by atoms with Crippen molar-refractivity contribution in [2.24, 2.45) is 0 Å². The topological polar surface area (TPSA) is 110 Å². The van der Waals surface area contributed by atoms with E-state index in [-0.39, 0.29) is 12.1 Å². The van der Waals surface area contributed by atoms with Crippen LogP contribution in [0.5, 0.6) is 0 Å². The third-order valence-corrected chi connectivity index (χ3v) is 5.63. The van der Waals surface area contributed by atoms with Gasteiger partial charge >= 0.3 is 12.0 Å². The van der Waals surface area contributed by atoms with Gasteiger partial charge in [-0.3, -0.25) is 4.57 Å². The van der Waals surface area contributed by atoms with Crippen LogP contribution in [0.3, 0.4) is 0 Å². The highest BCUT2D eigenvalue weighted by Gasteiger charge is 2.31. The number of amides is 1. The zero-order valence-corrected chi connectivity index (χ0v) is 16.7. The molecule has 10 heteroatoms. The van der Waals surface area contributed by atoms with Crippen LogP contribution >= 0.6 is 11.6 Å². The summed E-state index contributed by atoms with van der Waals surface area (Å²) in [7, 11) is 0. The summed E-state index contributed by atoms with van der Waals surface area (Å²) in [5, 5.41) is 12.9. The average Bonchev–Trinajstić information content (AvgIpc) is 3.15. The quantitative estimate of drug-likeness (QED) is 0.766. The molecule has 2 N–H and O–H groups in total. The van der Waals surface area contributed by atoms with Crippen LogP contribution in [0.15, 0.2) is 18.5 Å².